The van der Waals surface area contributed by atoms with Crippen LogP contribution in [0, 0.1) is 6.92 Å². The van der Waals surface area contributed by atoms with Gasteiger partial charge in [0.05, 0.1) is 12.6 Å². The summed E-state index contributed by atoms with van der Waals surface area (Å²) < 4.78 is 10.4. The number of halogens is 1. The number of aryl methyl sites for hydroxylation is 1. The molecular weight excluding hydrogens is 436 g/mol. The fraction of sp³-hybridized carbons (Fsp3) is 0.455. The minimum absolute atomic E-state index is 0.00975. The zero-order valence-corrected chi connectivity index (χ0v) is 18.7. The normalized spacial score (nSPS) is 15.4. The lowest BCUT2D eigenvalue weighted by Gasteiger charge is -2.23. The fourth-order valence-electron chi connectivity index (χ4n) is 3.34. The van der Waals surface area contributed by atoms with Crippen LogP contribution < -0.4 is 10.6 Å². The maximum Gasteiger partial charge on any atom is 0.239 e. The molecule has 1 aromatic heterocycles. The molecule has 9 nitrogen and oxygen atoms in total. The number of nitrogens with zero attached hydrogens (tertiary/aromatic N) is 2. The number of aromatic nitrogens is 1. The predicted octanol–water partition coefficient (Wildman–Crippen LogP) is 2.68. The fourth-order valence-corrected chi connectivity index (χ4v) is 3.53. The molecule has 1 aromatic carbocycles. The van der Waals surface area contributed by atoms with Gasteiger partial charge in [-0.25, -0.2) is 0 Å². The van der Waals surface area contributed by atoms with E-state index in [2.05, 4.69) is 15.8 Å². The topological polar surface area (TPSA) is 114 Å². The molecule has 2 N–H and O–H groups in total. The van der Waals surface area contributed by atoms with Crippen molar-refractivity contribution in [3.05, 3.63) is 46.7 Å². The minimum atomic E-state index is -0.368. The van der Waals surface area contributed by atoms with Gasteiger partial charge in [-0.3, -0.25) is 14.4 Å². The quantitative estimate of drug-likeness (QED) is 0.561. The zero-order chi connectivity index (χ0) is 22.9. The number of nitrogens with one attached hydrogen (secondary N) is 2. The van der Waals surface area contributed by atoms with Crippen molar-refractivity contribution in [3.8, 4) is 0 Å². The SMILES string of the molecule is Cc1cc(NC(=O)CCC(=O)N(CC(=O)NC[C@@H]2CCCO2)Cc2ccccc2Cl)no1. The van der Waals surface area contributed by atoms with Crippen LogP contribution >= 0.6 is 11.6 Å². The van der Waals surface area contributed by atoms with E-state index in [1.54, 1.807) is 31.2 Å². The van der Waals surface area contributed by atoms with Gasteiger partial charge in [0.2, 0.25) is 17.7 Å². The van der Waals surface area contributed by atoms with Crippen LogP contribution in [0.4, 0.5) is 5.82 Å². The highest BCUT2D eigenvalue weighted by molar-refractivity contribution is 6.31. The molecule has 1 aliphatic heterocycles. The third kappa shape index (κ3) is 7.35. The van der Waals surface area contributed by atoms with Crippen molar-refractivity contribution in [1.82, 2.24) is 15.4 Å². The standard InChI is InChI=1S/C22H27ClN4O5/c1-15-11-19(26-32-15)25-20(28)8-9-22(30)27(13-16-5-2-3-7-18(16)23)14-21(29)24-12-17-6-4-10-31-17/h2-3,5,7,11,17H,4,6,8-10,12-14H2,1H3,(H,24,29)(H,25,26,28)/t17-/m0/s1. The molecule has 0 aliphatic carbocycles. The van der Waals surface area contributed by atoms with Crippen LogP contribution in [0.5, 0.6) is 0 Å². The molecule has 0 bridgehead atoms. The predicted molar refractivity (Wildman–Crippen MR) is 118 cm³/mol. The number of rotatable bonds is 10. The molecule has 1 fully saturated rings. The number of hydrogen-bond donors (Lipinski definition) is 2. The van der Waals surface area contributed by atoms with Crippen molar-refractivity contribution >= 4 is 35.1 Å². The summed E-state index contributed by atoms with van der Waals surface area (Å²) in [5.74, 6) is -0.128. The molecule has 1 atom stereocenters. The van der Waals surface area contributed by atoms with Gasteiger partial charge in [0.25, 0.3) is 0 Å². The Balaban J connectivity index is 1.57. The van der Waals surface area contributed by atoms with E-state index in [9.17, 15) is 14.4 Å². The molecule has 10 heteroatoms. The van der Waals surface area contributed by atoms with Gasteiger partial charge in [0.1, 0.15) is 5.76 Å². The van der Waals surface area contributed by atoms with Gasteiger partial charge in [0, 0.05) is 43.6 Å². The van der Waals surface area contributed by atoms with Crippen molar-refractivity contribution in [1.29, 1.82) is 0 Å². The zero-order valence-electron chi connectivity index (χ0n) is 17.9. The number of carbonyl (C=O) groups excluding carboxylic acids is 3. The van der Waals surface area contributed by atoms with Crippen LogP contribution in [0.2, 0.25) is 5.02 Å². The lowest BCUT2D eigenvalue weighted by molar-refractivity contribution is -0.137. The van der Waals surface area contributed by atoms with Crippen LogP contribution in [-0.2, 0) is 25.7 Å². The number of amides is 3. The molecular formula is C22H27ClN4O5. The smallest absolute Gasteiger partial charge is 0.239 e. The second-order valence-electron chi connectivity index (χ2n) is 7.65. The van der Waals surface area contributed by atoms with Gasteiger partial charge >= 0.3 is 0 Å². The highest BCUT2D eigenvalue weighted by Gasteiger charge is 2.21. The first-order chi connectivity index (χ1) is 15.4. The number of ether oxygens (including phenoxy) is 1. The van der Waals surface area contributed by atoms with Gasteiger partial charge in [-0.2, -0.15) is 0 Å². The Bertz CT molecular complexity index is 942. The van der Waals surface area contributed by atoms with E-state index in [-0.39, 0.29) is 49.8 Å². The van der Waals surface area contributed by atoms with Gasteiger partial charge in [-0.05, 0) is 31.4 Å². The summed E-state index contributed by atoms with van der Waals surface area (Å²) in [4.78, 5) is 38.9. The molecule has 3 amide bonds. The molecule has 32 heavy (non-hydrogen) atoms. The summed E-state index contributed by atoms with van der Waals surface area (Å²) >= 11 is 6.24. The van der Waals surface area contributed by atoms with Crippen LogP contribution in [-0.4, -0.2) is 53.6 Å². The summed E-state index contributed by atoms with van der Waals surface area (Å²) in [5, 5.41) is 9.60. The molecule has 1 aliphatic rings. The van der Waals surface area contributed by atoms with Crippen LogP contribution in [0.25, 0.3) is 0 Å². The Morgan fingerprint density at radius 3 is 2.72 bits per heavy atom. The van der Waals surface area contributed by atoms with Gasteiger partial charge < -0.3 is 24.8 Å². The first-order valence-electron chi connectivity index (χ1n) is 10.5. The second-order valence-corrected chi connectivity index (χ2v) is 8.06. The lowest BCUT2D eigenvalue weighted by Crippen LogP contribution is -2.42. The van der Waals surface area contributed by atoms with E-state index in [4.69, 9.17) is 20.9 Å². The molecule has 0 unspecified atom stereocenters. The second kappa shape index (κ2) is 11.6. The molecule has 2 heterocycles. The molecule has 3 rings (SSSR count). The Morgan fingerprint density at radius 1 is 1.22 bits per heavy atom. The molecule has 172 valence electrons. The Morgan fingerprint density at radius 2 is 2.03 bits per heavy atom. The van der Waals surface area contributed by atoms with Crippen molar-refractivity contribution < 1.29 is 23.6 Å². The minimum Gasteiger partial charge on any atom is -0.376 e. The summed E-state index contributed by atoms with van der Waals surface area (Å²) in [7, 11) is 0. The van der Waals surface area contributed by atoms with Crippen molar-refractivity contribution in [3.63, 3.8) is 0 Å². The molecule has 0 radical (unpaired) electrons. The highest BCUT2D eigenvalue weighted by atomic mass is 35.5. The Kier molecular flexibility index (Phi) is 8.64. The first-order valence-corrected chi connectivity index (χ1v) is 10.9. The van der Waals surface area contributed by atoms with Gasteiger partial charge in [0.15, 0.2) is 5.82 Å². The number of benzene rings is 1. The molecule has 2 aromatic rings. The number of carbonyl (C=O) groups is 3. The Labute approximate surface area is 191 Å². The highest BCUT2D eigenvalue weighted by Crippen LogP contribution is 2.18. The van der Waals surface area contributed by atoms with E-state index in [0.717, 1.165) is 18.4 Å². The number of anilines is 1. The van der Waals surface area contributed by atoms with Gasteiger partial charge in [-0.1, -0.05) is 35.0 Å². The third-order valence-electron chi connectivity index (χ3n) is 5.02. The van der Waals surface area contributed by atoms with Crippen LogP contribution in [0.1, 0.15) is 37.0 Å². The first kappa shape index (κ1) is 23.7. The van der Waals surface area contributed by atoms with E-state index >= 15 is 0 Å². The van der Waals surface area contributed by atoms with Crippen molar-refractivity contribution in [2.45, 2.75) is 45.3 Å². The maximum absolute atomic E-state index is 12.9. The monoisotopic (exact) mass is 462 g/mol. The summed E-state index contributed by atoms with van der Waals surface area (Å²) in [6.07, 6.45) is 1.78. The molecule has 0 spiro atoms. The van der Waals surface area contributed by atoms with Crippen LogP contribution in [0.15, 0.2) is 34.9 Å². The summed E-state index contributed by atoms with van der Waals surface area (Å²) in [6, 6.07) is 8.72. The average molecular weight is 463 g/mol. The van der Waals surface area contributed by atoms with Crippen molar-refractivity contribution in [2.75, 3.05) is 25.0 Å². The maximum atomic E-state index is 12.9. The summed E-state index contributed by atoms with van der Waals surface area (Å²) in [5.41, 5.74) is 0.719. The lowest BCUT2D eigenvalue weighted by atomic mass is 10.2. The molecule has 0 saturated carbocycles. The van der Waals surface area contributed by atoms with E-state index in [1.807, 2.05) is 6.07 Å². The largest absolute Gasteiger partial charge is 0.376 e. The van der Waals surface area contributed by atoms with E-state index < -0.39 is 0 Å². The van der Waals surface area contributed by atoms with Crippen molar-refractivity contribution in [2.24, 2.45) is 0 Å². The van der Waals surface area contributed by atoms with Gasteiger partial charge in [-0.15, -0.1) is 0 Å². The third-order valence-corrected chi connectivity index (χ3v) is 5.39. The average Bonchev–Trinajstić information content (AvgIpc) is 3.43. The van der Waals surface area contributed by atoms with E-state index in [0.29, 0.717) is 29.8 Å². The number of hydrogen-bond acceptors (Lipinski definition) is 6. The van der Waals surface area contributed by atoms with Crippen LogP contribution in [0.3, 0.4) is 0 Å². The summed E-state index contributed by atoms with van der Waals surface area (Å²) in [6.45, 7) is 2.85. The molecule has 1 saturated heterocycles. The van der Waals surface area contributed by atoms with E-state index in [1.165, 1.54) is 4.90 Å². The Hall–Kier alpha value is -2.91.